The van der Waals surface area contributed by atoms with Gasteiger partial charge in [0.15, 0.2) is 0 Å². The number of nitriles is 2. The van der Waals surface area contributed by atoms with Crippen LogP contribution in [0.25, 0.3) is 50.2 Å². The summed E-state index contributed by atoms with van der Waals surface area (Å²) >= 11 is 8.61. The highest BCUT2D eigenvalue weighted by molar-refractivity contribution is 7.33. The zero-order valence-electron chi connectivity index (χ0n) is 23.2. The molecule has 5 aromatic heterocycles. The summed E-state index contributed by atoms with van der Waals surface area (Å²) in [6.07, 6.45) is 2.32. The van der Waals surface area contributed by atoms with E-state index in [1.165, 1.54) is 73.8 Å². The van der Waals surface area contributed by atoms with Crippen LogP contribution in [0.15, 0.2) is 40.3 Å². The quantitative estimate of drug-likeness (QED) is 0.111. The number of fused-ring (bicyclic) bond motifs is 7. The molecule has 2 aliphatic carbocycles. The summed E-state index contributed by atoms with van der Waals surface area (Å²) in [6.45, 7) is 23.4. The lowest BCUT2D eigenvalue weighted by Gasteiger charge is -2.23. The summed E-state index contributed by atoms with van der Waals surface area (Å²) < 4.78 is 2.74. The third kappa shape index (κ3) is 4.02. The van der Waals surface area contributed by atoms with Crippen LogP contribution in [0.3, 0.4) is 0 Å². The second-order valence-corrected chi connectivity index (χ2v) is 16.3. The molecule has 7 rings (SSSR count). The molecule has 0 amide bonds. The van der Waals surface area contributed by atoms with E-state index in [0.29, 0.717) is 10.0 Å². The minimum atomic E-state index is -0.203. The highest BCUT2D eigenvalue weighted by Crippen LogP contribution is 2.64. The van der Waals surface area contributed by atoms with E-state index >= 15 is 0 Å². The first-order valence-corrected chi connectivity index (χ1v) is 17.1. The predicted octanol–water partition coefficient (Wildman–Crippen LogP) is 10.9. The van der Waals surface area contributed by atoms with Crippen LogP contribution in [0.2, 0.25) is 0 Å². The van der Waals surface area contributed by atoms with Crippen molar-refractivity contribution in [1.82, 2.24) is 0 Å². The van der Waals surface area contributed by atoms with E-state index in [1.54, 1.807) is 0 Å². The summed E-state index contributed by atoms with van der Waals surface area (Å²) in [5.41, 5.74) is 5.05. The van der Waals surface area contributed by atoms with Gasteiger partial charge in [0.1, 0.15) is 12.1 Å². The Kier molecular flexibility index (Phi) is 6.20. The maximum atomic E-state index is 9.11. The van der Waals surface area contributed by atoms with Crippen molar-refractivity contribution in [3.8, 4) is 31.6 Å². The molecule has 11 heteroatoms. The smallest absolute Gasteiger partial charge is 0.350 e. The molecule has 0 bridgehead atoms. The molecule has 0 unspecified atom stereocenters. The lowest BCUT2D eigenvalue weighted by Crippen LogP contribution is -2.15. The van der Waals surface area contributed by atoms with Crippen LogP contribution in [0.1, 0.15) is 54.1 Å². The van der Waals surface area contributed by atoms with Crippen molar-refractivity contribution in [2.45, 2.75) is 38.5 Å². The van der Waals surface area contributed by atoms with Crippen molar-refractivity contribution in [3.05, 3.63) is 79.6 Å². The van der Waals surface area contributed by atoms with Gasteiger partial charge in [-0.3, -0.25) is 0 Å². The van der Waals surface area contributed by atoms with Gasteiger partial charge < -0.3 is 9.69 Å². The fourth-order valence-electron chi connectivity index (χ4n) is 5.89. The Morgan fingerprint density at radius 1 is 0.721 bits per heavy atom. The number of hydrogen-bond donors (Lipinski definition) is 0. The molecule has 0 saturated heterocycles. The van der Waals surface area contributed by atoms with Crippen molar-refractivity contribution >= 4 is 99.4 Å². The van der Waals surface area contributed by atoms with Gasteiger partial charge in [0, 0.05) is 35.2 Å². The lowest BCUT2D eigenvalue weighted by molar-refractivity contribution is 0.669. The van der Waals surface area contributed by atoms with E-state index in [4.69, 9.17) is 23.7 Å². The predicted molar refractivity (Wildman–Crippen MR) is 182 cm³/mol. The van der Waals surface area contributed by atoms with Gasteiger partial charge in [-0.15, -0.1) is 34.0 Å². The summed E-state index contributed by atoms with van der Waals surface area (Å²) in [5.74, 6) is -0.303. The van der Waals surface area contributed by atoms with Gasteiger partial charge in [-0.1, -0.05) is 73.5 Å². The fourth-order valence-corrected chi connectivity index (χ4v) is 12.8. The molecule has 0 spiro atoms. The van der Waals surface area contributed by atoms with Crippen LogP contribution in [-0.2, 0) is 10.8 Å². The second kappa shape index (κ2) is 9.66. The number of amidine groups is 2. The molecule has 206 valence electrons. The Balaban J connectivity index is 1.28. The minimum absolute atomic E-state index is 0.134. The van der Waals surface area contributed by atoms with Gasteiger partial charge in [-0.05, 0) is 58.7 Å². The first-order valence-electron chi connectivity index (χ1n) is 13.0. The molecule has 2 aliphatic rings. The minimum Gasteiger partial charge on any atom is -0.351 e. The van der Waals surface area contributed by atoms with Crippen molar-refractivity contribution in [2.24, 2.45) is 9.98 Å². The standard InChI is InChI=1S/C32H18N6S5/c1-31(2)15(17-7-9-23(39-17)37-21(13-33)35-5)11-20-25(31)28-30(42-20)26-29(43-28)27-16(32(26,3)4)12-19(41-27)18-8-10-24(40-18)38-22(14-34)36-6/h7-12H,1-4H3. The molecule has 43 heavy (non-hydrogen) atoms. The molecule has 0 radical (unpaired) electrons. The summed E-state index contributed by atoms with van der Waals surface area (Å²) in [7, 11) is 0. The monoisotopic (exact) mass is 646 g/mol. The topological polar surface area (TPSA) is 81.0 Å². The maximum absolute atomic E-state index is 9.11. The van der Waals surface area contributed by atoms with Gasteiger partial charge in [0.05, 0.1) is 14.3 Å². The first-order chi connectivity index (χ1) is 20.6. The third-order valence-electron chi connectivity index (χ3n) is 7.90. The van der Waals surface area contributed by atoms with Crippen LogP contribution in [-0.4, -0.2) is 11.7 Å². The molecule has 0 aromatic carbocycles. The van der Waals surface area contributed by atoms with Crippen LogP contribution in [0.4, 0.5) is 10.0 Å². The normalized spacial score (nSPS) is 16.1. The summed E-state index contributed by atoms with van der Waals surface area (Å²) in [5, 5.41) is 19.5. The van der Waals surface area contributed by atoms with Crippen LogP contribution in [0.5, 0.6) is 0 Å². The van der Waals surface area contributed by atoms with Crippen molar-refractivity contribution in [2.75, 3.05) is 0 Å². The number of nitrogens with zero attached hydrogens (tertiary/aromatic N) is 6. The summed E-state index contributed by atoms with van der Waals surface area (Å²) in [4.78, 5) is 22.1. The largest absolute Gasteiger partial charge is 0.351 e. The molecule has 0 aliphatic heterocycles. The Labute approximate surface area is 268 Å². The van der Waals surface area contributed by atoms with E-state index < -0.39 is 0 Å². The Hall–Kier alpha value is -4.20. The van der Waals surface area contributed by atoms with E-state index in [0.717, 1.165) is 9.75 Å². The van der Waals surface area contributed by atoms with Gasteiger partial charge in [0.2, 0.25) is 10.0 Å². The van der Waals surface area contributed by atoms with Gasteiger partial charge in [-0.25, -0.2) is 10.5 Å². The average molecular weight is 647 g/mol. The SMILES string of the molecule is [C-]#[N+]C(C#N)=Nc1ccc(C2=Cc3sc4c5c(sc4c3C2(C)C)-c2sc(-c3ccc(N=C(C#N)[N+]#[C-])s3)cc2C5(C)C)s1. The summed E-state index contributed by atoms with van der Waals surface area (Å²) in [6, 6.07) is 13.8. The first kappa shape index (κ1) is 27.6. The highest BCUT2D eigenvalue weighted by Gasteiger charge is 2.45. The molecular formula is C32H18N6S5. The maximum Gasteiger partial charge on any atom is 0.350 e. The molecule has 5 heterocycles. The molecule has 0 saturated carbocycles. The van der Waals surface area contributed by atoms with E-state index in [9.17, 15) is 0 Å². The number of rotatable bonds is 4. The zero-order valence-corrected chi connectivity index (χ0v) is 27.3. The van der Waals surface area contributed by atoms with Gasteiger partial charge >= 0.3 is 11.7 Å². The van der Waals surface area contributed by atoms with E-state index in [2.05, 4.69) is 59.5 Å². The number of hydrogen-bond acceptors (Lipinski definition) is 9. The fraction of sp³-hybridized carbons (Fsp3) is 0.188. The molecule has 5 aromatic rings. The van der Waals surface area contributed by atoms with E-state index in [1.807, 2.05) is 70.4 Å². The number of allylic oxidation sites excluding steroid dienone is 1. The Morgan fingerprint density at radius 3 is 1.95 bits per heavy atom. The van der Waals surface area contributed by atoms with Crippen LogP contribution in [0, 0.1) is 35.8 Å². The third-order valence-corrected chi connectivity index (χ3v) is 13.9. The lowest BCUT2D eigenvalue weighted by atomic mass is 9.80. The molecule has 0 fully saturated rings. The second-order valence-electron chi connectivity index (χ2n) is 11.1. The molecule has 6 nitrogen and oxygen atoms in total. The average Bonchev–Trinajstić information content (AvgIpc) is 3.80. The van der Waals surface area contributed by atoms with Gasteiger partial charge in [0.25, 0.3) is 0 Å². The number of thiophene rings is 5. The molecule has 0 N–H and O–H groups in total. The molecular weight excluding hydrogens is 629 g/mol. The van der Waals surface area contributed by atoms with Crippen LogP contribution >= 0.6 is 56.7 Å². The van der Waals surface area contributed by atoms with E-state index in [-0.39, 0.29) is 22.5 Å². The van der Waals surface area contributed by atoms with Gasteiger partial charge in [-0.2, -0.15) is 0 Å². The number of aliphatic imine (C=N–C) groups is 2. The van der Waals surface area contributed by atoms with Crippen molar-refractivity contribution < 1.29 is 0 Å². The Morgan fingerprint density at radius 2 is 1.33 bits per heavy atom. The van der Waals surface area contributed by atoms with Crippen LogP contribution < -0.4 is 0 Å². The zero-order chi connectivity index (χ0) is 30.3. The molecule has 0 atom stereocenters. The van der Waals surface area contributed by atoms with Crippen molar-refractivity contribution in [1.29, 1.82) is 10.5 Å². The Bertz CT molecular complexity index is 2260. The highest BCUT2D eigenvalue weighted by atomic mass is 32.1. The van der Waals surface area contributed by atoms with Crippen molar-refractivity contribution in [3.63, 3.8) is 0 Å².